The molecule has 0 aliphatic rings. The summed E-state index contributed by atoms with van der Waals surface area (Å²) >= 11 is 11.1. The van der Waals surface area contributed by atoms with Crippen molar-refractivity contribution in [1.82, 2.24) is 0 Å². The smallest absolute Gasteiger partial charge is 0.0417 e. The van der Waals surface area contributed by atoms with Gasteiger partial charge in [-0.2, -0.15) is 0 Å². The molecule has 0 N–H and O–H groups in total. The minimum atomic E-state index is 0.595. The van der Waals surface area contributed by atoms with E-state index in [1.165, 1.54) is 0 Å². The van der Waals surface area contributed by atoms with Crippen molar-refractivity contribution in [2.75, 3.05) is 0 Å². The zero-order valence-electron chi connectivity index (χ0n) is 5.20. The largest absolute Gasteiger partial charge is 0.0990 e. The number of hydrogen-bond acceptors (Lipinski definition) is 0. The Balaban J connectivity index is 4.05. The van der Waals surface area contributed by atoms with Crippen molar-refractivity contribution in [2.45, 2.75) is 6.92 Å². The van der Waals surface area contributed by atoms with Gasteiger partial charge in [0.05, 0.1) is 0 Å². The average molecular weight is 163 g/mol. The maximum atomic E-state index is 5.60. The first-order valence-electron chi connectivity index (χ1n) is 2.49. The molecule has 0 fully saturated rings. The molecule has 0 amide bonds. The summed E-state index contributed by atoms with van der Waals surface area (Å²) in [5.41, 5.74) is 0. The predicted octanol–water partition coefficient (Wildman–Crippen LogP) is 3.44. The first-order valence-corrected chi connectivity index (χ1v) is 3.24. The van der Waals surface area contributed by atoms with Gasteiger partial charge < -0.3 is 0 Å². The van der Waals surface area contributed by atoms with Crippen molar-refractivity contribution in [3.8, 4) is 0 Å². The van der Waals surface area contributed by atoms with E-state index in [1.807, 2.05) is 0 Å². The fraction of sp³-hybridized carbons (Fsp3) is 0.143. The summed E-state index contributed by atoms with van der Waals surface area (Å²) in [5.74, 6) is 0. The molecule has 0 unspecified atom stereocenters. The fourth-order valence-corrected chi connectivity index (χ4v) is 0.777. The van der Waals surface area contributed by atoms with Crippen molar-refractivity contribution < 1.29 is 0 Å². The summed E-state index contributed by atoms with van der Waals surface area (Å²) in [4.78, 5) is 0. The molecule has 0 nitrogen and oxygen atoms in total. The van der Waals surface area contributed by atoms with E-state index < -0.39 is 0 Å². The lowest BCUT2D eigenvalue weighted by atomic mass is 10.4. The summed E-state index contributed by atoms with van der Waals surface area (Å²) < 4.78 is 0. The van der Waals surface area contributed by atoms with Crippen molar-refractivity contribution >= 4 is 23.2 Å². The maximum Gasteiger partial charge on any atom is 0.0417 e. The molecular formula is C7H8Cl2. The highest BCUT2D eigenvalue weighted by Gasteiger charge is 1.82. The van der Waals surface area contributed by atoms with Gasteiger partial charge in [-0.1, -0.05) is 35.9 Å². The predicted molar refractivity (Wildman–Crippen MR) is 43.7 cm³/mol. The van der Waals surface area contributed by atoms with Crippen LogP contribution in [0.5, 0.6) is 0 Å². The highest BCUT2D eigenvalue weighted by molar-refractivity contribution is 6.34. The van der Waals surface area contributed by atoms with Crippen LogP contribution >= 0.6 is 23.2 Å². The third-order valence-electron chi connectivity index (χ3n) is 0.614. The van der Waals surface area contributed by atoms with Crippen LogP contribution in [0.25, 0.3) is 0 Å². The van der Waals surface area contributed by atoms with Gasteiger partial charge in [-0.05, 0) is 19.1 Å². The van der Waals surface area contributed by atoms with Crippen molar-refractivity contribution in [3.63, 3.8) is 0 Å². The Bertz CT molecular complexity index is 150. The van der Waals surface area contributed by atoms with Crippen LogP contribution in [0.1, 0.15) is 6.92 Å². The van der Waals surface area contributed by atoms with Crippen LogP contribution in [0.4, 0.5) is 0 Å². The topological polar surface area (TPSA) is 0 Å². The first-order chi connectivity index (χ1) is 4.16. The van der Waals surface area contributed by atoms with Gasteiger partial charge in [-0.3, -0.25) is 0 Å². The Hall–Kier alpha value is -0.200. The van der Waals surface area contributed by atoms with Crippen LogP contribution in [0.15, 0.2) is 34.9 Å². The van der Waals surface area contributed by atoms with E-state index in [9.17, 15) is 0 Å². The fourth-order valence-electron chi connectivity index (χ4n) is 0.351. The van der Waals surface area contributed by atoms with Crippen LogP contribution in [-0.4, -0.2) is 0 Å². The van der Waals surface area contributed by atoms with Crippen molar-refractivity contribution in [1.29, 1.82) is 0 Å². The van der Waals surface area contributed by atoms with Crippen LogP contribution < -0.4 is 0 Å². The molecule has 0 aromatic rings. The normalized spacial score (nSPS) is 13.7. The van der Waals surface area contributed by atoms with E-state index in [-0.39, 0.29) is 0 Å². The average Bonchev–Trinajstić information content (AvgIpc) is 1.63. The molecule has 0 heterocycles. The second-order valence-electron chi connectivity index (χ2n) is 1.52. The summed E-state index contributed by atoms with van der Waals surface area (Å²) in [5, 5.41) is 1.26. The number of rotatable bonds is 2. The second kappa shape index (κ2) is 4.66. The number of allylic oxidation sites excluding steroid dienone is 5. The summed E-state index contributed by atoms with van der Waals surface area (Å²) in [7, 11) is 0. The van der Waals surface area contributed by atoms with Crippen molar-refractivity contribution in [3.05, 3.63) is 34.9 Å². The molecule has 0 bridgehead atoms. The summed E-state index contributed by atoms with van der Waals surface area (Å²) in [6, 6.07) is 0. The Kier molecular flexibility index (Phi) is 4.55. The monoisotopic (exact) mass is 162 g/mol. The number of hydrogen-bond donors (Lipinski definition) is 0. The van der Waals surface area contributed by atoms with Gasteiger partial charge in [-0.15, -0.1) is 0 Å². The third kappa shape index (κ3) is 5.67. The van der Waals surface area contributed by atoms with E-state index in [0.29, 0.717) is 10.1 Å². The van der Waals surface area contributed by atoms with Gasteiger partial charge in [-0.25, -0.2) is 0 Å². The van der Waals surface area contributed by atoms with Crippen LogP contribution in [0, 0.1) is 0 Å². The maximum absolute atomic E-state index is 5.60. The Morgan fingerprint density at radius 2 is 2.00 bits per heavy atom. The van der Waals surface area contributed by atoms with E-state index in [4.69, 9.17) is 23.2 Å². The Morgan fingerprint density at radius 3 is 2.33 bits per heavy atom. The van der Waals surface area contributed by atoms with E-state index in [2.05, 4.69) is 6.58 Å². The van der Waals surface area contributed by atoms with Gasteiger partial charge >= 0.3 is 0 Å². The van der Waals surface area contributed by atoms with Gasteiger partial charge in [0, 0.05) is 10.1 Å². The lowest BCUT2D eigenvalue weighted by Crippen LogP contribution is -1.62. The second-order valence-corrected chi connectivity index (χ2v) is 2.55. The lowest BCUT2D eigenvalue weighted by molar-refractivity contribution is 1.64. The molecule has 0 saturated heterocycles. The lowest BCUT2D eigenvalue weighted by Gasteiger charge is -1.84. The minimum absolute atomic E-state index is 0.595. The van der Waals surface area contributed by atoms with E-state index in [1.54, 1.807) is 25.2 Å². The van der Waals surface area contributed by atoms with Gasteiger partial charge in [0.1, 0.15) is 0 Å². The molecule has 0 atom stereocenters. The Morgan fingerprint density at radius 1 is 1.44 bits per heavy atom. The minimum Gasteiger partial charge on any atom is -0.0990 e. The van der Waals surface area contributed by atoms with Gasteiger partial charge in [0.25, 0.3) is 0 Å². The zero-order chi connectivity index (χ0) is 7.28. The molecular weight excluding hydrogens is 155 g/mol. The van der Waals surface area contributed by atoms with Crippen LogP contribution in [0.3, 0.4) is 0 Å². The molecule has 0 radical (unpaired) electrons. The van der Waals surface area contributed by atoms with Crippen molar-refractivity contribution in [2.24, 2.45) is 0 Å². The summed E-state index contributed by atoms with van der Waals surface area (Å²) in [6.07, 6.45) is 4.94. The molecule has 0 aromatic carbocycles. The third-order valence-corrected chi connectivity index (χ3v) is 0.958. The molecule has 9 heavy (non-hydrogen) atoms. The highest BCUT2D eigenvalue weighted by atomic mass is 35.5. The molecule has 50 valence electrons. The standard InChI is InChI=1S/C7H8Cl2/c1-3-4-7(9)5-6(2)8/h3-5H,1H2,2H3/b6-5+,7-4+. The van der Waals surface area contributed by atoms with E-state index in [0.717, 1.165) is 0 Å². The van der Waals surface area contributed by atoms with Crippen LogP contribution in [-0.2, 0) is 0 Å². The highest BCUT2D eigenvalue weighted by Crippen LogP contribution is 2.09. The first kappa shape index (κ1) is 8.80. The Labute approximate surface area is 65.5 Å². The zero-order valence-corrected chi connectivity index (χ0v) is 6.71. The quantitative estimate of drug-likeness (QED) is 0.547. The molecule has 0 rings (SSSR count). The molecule has 0 aromatic heterocycles. The molecule has 0 aliphatic carbocycles. The molecule has 0 spiro atoms. The summed E-state index contributed by atoms with van der Waals surface area (Å²) in [6.45, 7) is 5.24. The molecule has 2 heteroatoms. The molecule has 0 saturated carbocycles. The van der Waals surface area contributed by atoms with Gasteiger partial charge in [0.2, 0.25) is 0 Å². The van der Waals surface area contributed by atoms with Gasteiger partial charge in [0.15, 0.2) is 0 Å². The van der Waals surface area contributed by atoms with Crippen LogP contribution in [0.2, 0.25) is 0 Å². The number of halogens is 2. The molecule has 0 aliphatic heterocycles. The SMILES string of the molecule is C=C/C=C(Cl)\C=C(/C)Cl. The van der Waals surface area contributed by atoms with E-state index >= 15 is 0 Å².